The van der Waals surface area contributed by atoms with Gasteiger partial charge in [-0.25, -0.2) is 0 Å². The topological polar surface area (TPSA) is 48.1 Å². The van der Waals surface area contributed by atoms with Crippen LogP contribution in [0.15, 0.2) is 36.7 Å². The van der Waals surface area contributed by atoms with Gasteiger partial charge in [-0.3, -0.25) is 4.98 Å². The van der Waals surface area contributed by atoms with Crippen LogP contribution >= 0.6 is 0 Å². The van der Waals surface area contributed by atoms with Gasteiger partial charge in [0.2, 0.25) is 0 Å². The van der Waals surface area contributed by atoms with Crippen molar-refractivity contribution in [3.05, 3.63) is 47.8 Å². The van der Waals surface area contributed by atoms with E-state index in [1.165, 1.54) is 0 Å². The van der Waals surface area contributed by atoms with Crippen LogP contribution in [0.3, 0.4) is 0 Å². The average molecular weight is 214 g/mol. The standard InChI is InChI=1S/C13H14N2O/c1-9-5-12(8-15-7-9)16-13-4-3-11(14)6-10(13)2/h3-8H,14H2,1-2H3. The van der Waals surface area contributed by atoms with Crippen LogP contribution in [-0.4, -0.2) is 4.98 Å². The van der Waals surface area contributed by atoms with Crippen LogP contribution in [0.25, 0.3) is 0 Å². The number of aryl methyl sites for hydroxylation is 2. The Bertz CT molecular complexity index is 509. The van der Waals surface area contributed by atoms with E-state index < -0.39 is 0 Å². The molecule has 0 radical (unpaired) electrons. The van der Waals surface area contributed by atoms with E-state index in [0.717, 1.165) is 28.3 Å². The molecule has 82 valence electrons. The van der Waals surface area contributed by atoms with Gasteiger partial charge in [-0.1, -0.05) is 0 Å². The Morgan fingerprint density at radius 2 is 1.94 bits per heavy atom. The van der Waals surface area contributed by atoms with E-state index in [2.05, 4.69) is 4.98 Å². The number of ether oxygens (including phenoxy) is 1. The molecular formula is C13H14N2O. The third-order valence-corrected chi connectivity index (χ3v) is 2.28. The summed E-state index contributed by atoms with van der Waals surface area (Å²) in [5.74, 6) is 1.55. The Morgan fingerprint density at radius 3 is 2.62 bits per heavy atom. The number of nitrogen functional groups attached to an aromatic ring is 1. The van der Waals surface area contributed by atoms with Gasteiger partial charge in [0, 0.05) is 11.9 Å². The summed E-state index contributed by atoms with van der Waals surface area (Å²) < 4.78 is 5.73. The Balaban J connectivity index is 2.27. The fourth-order valence-electron chi connectivity index (χ4n) is 1.50. The molecule has 16 heavy (non-hydrogen) atoms. The van der Waals surface area contributed by atoms with Gasteiger partial charge in [-0.05, 0) is 49.2 Å². The van der Waals surface area contributed by atoms with Crippen LogP contribution < -0.4 is 10.5 Å². The molecule has 0 unspecified atom stereocenters. The summed E-state index contributed by atoms with van der Waals surface area (Å²) in [5, 5.41) is 0. The average Bonchev–Trinajstić information content (AvgIpc) is 2.22. The molecule has 0 saturated carbocycles. The Hall–Kier alpha value is -2.03. The van der Waals surface area contributed by atoms with Crippen LogP contribution in [-0.2, 0) is 0 Å². The Kier molecular flexibility index (Phi) is 2.77. The third kappa shape index (κ3) is 2.31. The van der Waals surface area contributed by atoms with Crippen molar-refractivity contribution < 1.29 is 4.74 Å². The molecule has 0 bridgehead atoms. The lowest BCUT2D eigenvalue weighted by Gasteiger charge is -2.09. The first kappa shape index (κ1) is 10.5. The summed E-state index contributed by atoms with van der Waals surface area (Å²) in [6.07, 6.45) is 3.49. The largest absolute Gasteiger partial charge is 0.455 e. The molecule has 0 aliphatic carbocycles. The number of aromatic nitrogens is 1. The van der Waals surface area contributed by atoms with Crippen LogP contribution in [0.5, 0.6) is 11.5 Å². The zero-order valence-corrected chi connectivity index (χ0v) is 9.40. The zero-order valence-electron chi connectivity index (χ0n) is 9.40. The second-order valence-electron chi connectivity index (χ2n) is 3.82. The summed E-state index contributed by atoms with van der Waals surface area (Å²) >= 11 is 0. The Morgan fingerprint density at radius 1 is 1.12 bits per heavy atom. The number of nitrogens with two attached hydrogens (primary N) is 1. The van der Waals surface area contributed by atoms with E-state index in [0.29, 0.717) is 0 Å². The highest BCUT2D eigenvalue weighted by atomic mass is 16.5. The fraction of sp³-hybridized carbons (Fsp3) is 0.154. The van der Waals surface area contributed by atoms with E-state index in [4.69, 9.17) is 10.5 Å². The first-order valence-corrected chi connectivity index (χ1v) is 5.11. The van der Waals surface area contributed by atoms with Crippen LogP contribution in [0.1, 0.15) is 11.1 Å². The van der Waals surface area contributed by atoms with Gasteiger partial charge in [0.15, 0.2) is 0 Å². The molecule has 2 rings (SSSR count). The minimum atomic E-state index is 0.743. The van der Waals surface area contributed by atoms with Crippen molar-refractivity contribution >= 4 is 5.69 Å². The highest BCUT2D eigenvalue weighted by Crippen LogP contribution is 2.26. The first-order valence-electron chi connectivity index (χ1n) is 5.11. The summed E-state index contributed by atoms with van der Waals surface area (Å²) in [7, 11) is 0. The van der Waals surface area contributed by atoms with Gasteiger partial charge in [-0.2, -0.15) is 0 Å². The molecule has 2 N–H and O–H groups in total. The van der Waals surface area contributed by atoms with Crippen molar-refractivity contribution in [3.63, 3.8) is 0 Å². The summed E-state index contributed by atoms with van der Waals surface area (Å²) in [6, 6.07) is 7.53. The highest BCUT2D eigenvalue weighted by molar-refractivity contribution is 5.48. The highest BCUT2D eigenvalue weighted by Gasteiger charge is 2.02. The predicted octanol–water partition coefficient (Wildman–Crippen LogP) is 3.07. The molecule has 0 saturated heterocycles. The lowest BCUT2D eigenvalue weighted by atomic mass is 10.2. The van der Waals surface area contributed by atoms with Crippen LogP contribution in [0.4, 0.5) is 5.69 Å². The van der Waals surface area contributed by atoms with E-state index in [1.807, 2.05) is 38.1 Å². The smallest absolute Gasteiger partial charge is 0.145 e. The van der Waals surface area contributed by atoms with Crippen molar-refractivity contribution in [3.8, 4) is 11.5 Å². The number of nitrogens with zero attached hydrogens (tertiary/aromatic N) is 1. The molecule has 3 nitrogen and oxygen atoms in total. The van der Waals surface area contributed by atoms with Crippen molar-refractivity contribution in [2.45, 2.75) is 13.8 Å². The molecule has 3 heteroatoms. The maximum atomic E-state index is 5.73. The molecule has 0 aliphatic rings. The molecular weight excluding hydrogens is 200 g/mol. The summed E-state index contributed by atoms with van der Waals surface area (Å²) in [4.78, 5) is 4.08. The second-order valence-corrected chi connectivity index (χ2v) is 3.82. The third-order valence-electron chi connectivity index (χ3n) is 2.28. The first-order chi connectivity index (χ1) is 7.65. The van der Waals surface area contributed by atoms with Crippen molar-refractivity contribution in [2.24, 2.45) is 0 Å². The second kappa shape index (κ2) is 4.23. The Labute approximate surface area is 94.9 Å². The van der Waals surface area contributed by atoms with Gasteiger partial charge >= 0.3 is 0 Å². The molecule has 1 aromatic carbocycles. The molecule has 0 amide bonds. The molecule has 0 aliphatic heterocycles. The van der Waals surface area contributed by atoms with Gasteiger partial charge in [0.1, 0.15) is 11.5 Å². The molecule has 0 spiro atoms. The van der Waals surface area contributed by atoms with E-state index >= 15 is 0 Å². The van der Waals surface area contributed by atoms with Gasteiger partial charge in [-0.15, -0.1) is 0 Å². The lowest BCUT2D eigenvalue weighted by molar-refractivity contribution is 0.476. The number of hydrogen-bond donors (Lipinski definition) is 1. The molecule has 2 aromatic rings. The minimum absolute atomic E-state index is 0.743. The number of hydrogen-bond acceptors (Lipinski definition) is 3. The molecule has 1 aromatic heterocycles. The quantitative estimate of drug-likeness (QED) is 0.781. The fourth-order valence-corrected chi connectivity index (χ4v) is 1.50. The normalized spacial score (nSPS) is 10.1. The van der Waals surface area contributed by atoms with Crippen LogP contribution in [0.2, 0.25) is 0 Å². The molecule has 0 fully saturated rings. The van der Waals surface area contributed by atoms with Crippen molar-refractivity contribution in [1.82, 2.24) is 4.98 Å². The van der Waals surface area contributed by atoms with E-state index in [9.17, 15) is 0 Å². The van der Waals surface area contributed by atoms with Gasteiger partial charge < -0.3 is 10.5 Å². The molecule has 1 heterocycles. The lowest BCUT2D eigenvalue weighted by Crippen LogP contribution is -1.91. The van der Waals surface area contributed by atoms with Crippen molar-refractivity contribution in [1.29, 1.82) is 0 Å². The van der Waals surface area contributed by atoms with Crippen molar-refractivity contribution in [2.75, 3.05) is 5.73 Å². The summed E-state index contributed by atoms with van der Waals surface area (Å²) in [6.45, 7) is 3.95. The number of pyridine rings is 1. The minimum Gasteiger partial charge on any atom is -0.455 e. The van der Waals surface area contributed by atoms with Crippen LogP contribution in [0, 0.1) is 13.8 Å². The maximum absolute atomic E-state index is 5.73. The molecule has 0 atom stereocenters. The number of rotatable bonds is 2. The SMILES string of the molecule is Cc1cncc(Oc2ccc(N)cc2C)c1. The predicted molar refractivity (Wildman–Crippen MR) is 64.6 cm³/mol. The van der Waals surface area contributed by atoms with E-state index in [-0.39, 0.29) is 0 Å². The maximum Gasteiger partial charge on any atom is 0.145 e. The number of benzene rings is 1. The monoisotopic (exact) mass is 214 g/mol. The zero-order chi connectivity index (χ0) is 11.5. The summed E-state index contributed by atoms with van der Waals surface area (Å²) in [5.41, 5.74) is 8.51. The van der Waals surface area contributed by atoms with E-state index in [1.54, 1.807) is 12.4 Å². The number of anilines is 1. The van der Waals surface area contributed by atoms with Gasteiger partial charge in [0.25, 0.3) is 0 Å². The van der Waals surface area contributed by atoms with Gasteiger partial charge in [0.05, 0.1) is 6.20 Å².